The SMILES string of the molecule is CC1CNCCN1S(=O)(=O)c1ccc2c(c1)oc(=O)n2C.Cl. The lowest BCUT2D eigenvalue weighted by Crippen LogP contribution is -2.52. The molecule has 2 aromatic rings. The molecule has 0 radical (unpaired) electrons. The Morgan fingerprint density at radius 3 is 2.77 bits per heavy atom. The predicted molar refractivity (Wildman–Crippen MR) is 84.9 cm³/mol. The summed E-state index contributed by atoms with van der Waals surface area (Å²) in [6.45, 7) is 3.55. The van der Waals surface area contributed by atoms with E-state index in [4.69, 9.17) is 4.42 Å². The van der Waals surface area contributed by atoms with Gasteiger partial charge in [-0.15, -0.1) is 12.4 Å². The second-order valence-corrected chi connectivity index (χ2v) is 7.12. The van der Waals surface area contributed by atoms with E-state index in [2.05, 4.69) is 5.32 Å². The van der Waals surface area contributed by atoms with Crippen LogP contribution in [-0.4, -0.2) is 43.0 Å². The van der Waals surface area contributed by atoms with Crippen molar-refractivity contribution in [2.45, 2.75) is 17.9 Å². The number of aryl methyl sites for hydroxylation is 1. The molecular formula is C13H18ClN3O4S. The van der Waals surface area contributed by atoms with Gasteiger partial charge in [-0.05, 0) is 19.1 Å². The Kier molecular flexibility index (Phi) is 4.67. The summed E-state index contributed by atoms with van der Waals surface area (Å²) in [6, 6.07) is 4.42. The summed E-state index contributed by atoms with van der Waals surface area (Å²) in [5.74, 6) is -0.505. The highest BCUT2D eigenvalue weighted by Gasteiger charge is 2.31. The van der Waals surface area contributed by atoms with Crippen molar-refractivity contribution in [3.8, 4) is 0 Å². The van der Waals surface area contributed by atoms with Gasteiger partial charge >= 0.3 is 5.76 Å². The van der Waals surface area contributed by atoms with Crippen LogP contribution in [0.1, 0.15) is 6.92 Å². The highest BCUT2D eigenvalue weighted by atomic mass is 35.5. The van der Waals surface area contributed by atoms with E-state index in [-0.39, 0.29) is 28.9 Å². The van der Waals surface area contributed by atoms with E-state index >= 15 is 0 Å². The number of nitrogens with zero attached hydrogens (tertiary/aromatic N) is 2. The van der Waals surface area contributed by atoms with Crippen LogP contribution in [-0.2, 0) is 17.1 Å². The maximum absolute atomic E-state index is 12.7. The molecule has 1 fully saturated rings. The van der Waals surface area contributed by atoms with Gasteiger partial charge in [0.25, 0.3) is 0 Å². The highest BCUT2D eigenvalue weighted by molar-refractivity contribution is 7.89. The van der Waals surface area contributed by atoms with Crippen LogP contribution in [0.2, 0.25) is 0 Å². The Bertz CT molecular complexity index is 843. The number of oxazole rings is 1. The summed E-state index contributed by atoms with van der Waals surface area (Å²) >= 11 is 0. The molecule has 1 aromatic heterocycles. The minimum atomic E-state index is -3.58. The Labute approximate surface area is 134 Å². The largest absolute Gasteiger partial charge is 0.419 e. The van der Waals surface area contributed by atoms with Crippen LogP contribution in [0.4, 0.5) is 0 Å². The van der Waals surface area contributed by atoms with Gasteiger partial charge < -0.3 is 9.73 Å². The van der Waals surface area contributed by atoms with E-state index in [9.17, 15) is 13.2 Å². The van der Waals surface area contributed by atoms with E-state index < -0.39 is 15.8 Å². The molecule has 0 amide bonds. The summed E-state index contributed by atoms with van der Waals surface area (Å²) in [6.07, 6.45) is 0. The molecular weight excluding hydrogens is 330 g/mol. The van der Waals surface area contributed by atoms with Gasteiger partial charge in [0.05, 0.1) is 10.4 Å². The summed E-state index contributed by atoms with van der Waals surface area (Å²) in [5.41, 5.74) is 0.860. The van der Waals surface area contributed by atoms with Gasteiger partial charge in [0.1, 0.15) is 0 Å². The van der Waals surface area contributed by atoms with Crippen molar-refractivity contribution in [3.63, 3.8) is 0 Å². The summed E-state index contributed by atoms with van der Waals surface area (Å²) < 4.78 is 33.3. The number of halogens is 1. The zero-order chi connectivity index (χ0) is 15.2. The average Bonchev–Trinajstić information content (AvgIpc) is 2.74. The van der Waals surface area contributed by atoms with E-state index in [0.717, 1.165) is 0 Å². The molecule has 2 heterocycles. The molecule has 0 aliphatic carbocycles. The summed E-state index contributed by atoms with van der Waals surface area (Å²) in [5, 5.41) is 3.16. The Morgan fingerprint density at radius 2 is 2.09 bits per heavy atom. The molecule has 1 unspecified atom stereocenters. The van der Waals surface area contributed by atoms with Gasteiger partial charge in [0.15, 0.2) is 5.58 Å². The van der Waals surface area contributed by atoms with Crippen molar-refractivity contribution >= 4 is 33.5 Å². The number of aromatic nitrogens is 1. The molecule has 0 saturated carbocycles. The minimum Gasteiger partial charge on any atom is -0.408 e. The molecule has 7 nitrogen and oxygen atoms in total. The Balaban J connectivity index is 0.00000176. The predicted octanol–water partition coefficient (Wildman–Crippen LogP) is 0.536. The van der Waals surface area contributed by atoms with Gasteiger partial charge in [-0.2, -0.15) is 4.31 Å². The standard InChI is InChI=1S/C13H17N3O4S.ClH/c1-9-8-14-5-6-16(9)21(18,19)10-3-4-11-12(7-10)20-13(17)15(11)2;/h3-4,7,9,14H,5-6,8H2,1-2H3;1H. The van der Waals surface area contributed by atoms with E-state index in [1.54, 1.807) is 13.1 Å². The van der Waals surface area contributed by atoms with Gasteiger partial charge in [0, 0.05) is 38.8 Å². The first-order valence-electron chi connectivity index (χ1n) is 6.73. The van der Waals surface area contributed by atoms with Crippen LogP contribution in [0, 0.1) is 0 Å². The topological polar surface area (TPSA) is 84.6 Å². The van der Waals surface area contributed by atoms with Crippen LogP contribution in [0.25, 0.3) is 11.1 Å². The highest BCUT2D eigenvalue weighted by Crippen LogP contribution is 2.23. The molecule has 1 aliphatic rings. The first-order valence-corrected chi connectivity index (χ1v) is 8.17. The fraction of sp³-hybridized carbons (Fsp3) is 0.462. The fourth-order valence-corrected chi connectivity index (χ4v) is 4.24. The van der Waals surface area contributed by atoms with Crippen molar-refractivity contribution in [1.82, 2.24) is 14.2 Å². The van der Waals surface area contributed by atoms with E-state index in [0.29, 0.717) is 25.2 Å². The lowest BCUT2D eigenvalue weighted by Gasteiger charge is -2.32. The number of hydrogen-bond donors (Lipinski definition) is 1. The van der Waals surface area contributed by atoms with Crippen molar-refractivity contribution in [2.75, 3.05) is 19.6 Å². The smallest absolute Gasteiger partial charge is 0.408 e. The molecule has 9 heteroatoms. The fourth-order valence-electron chi connectivity index (χ4n) is 2.59. The van der Waals surface area contributed by atoms with Crippen LogP contribution in [0.15, 0.2) is 32.3 Å². The molecule has 1 N–H and O–H groups in total. The number of hydrogen-bond acceptors (Lipinski definition) is 5. The quantitative estimate of drug-likeness (QED) is 0.857. The van der Waals surface area contributed by atoms with E-state index in [1.165, 1.54) is 21.0 Å². The van der Waals surface area contributed by atoms with Crippen LogP contribution >= 0.6 is 12.4 Å². The van der Waals surface area contributed by atoms with E-state index in [1.807, 2.05) is 6.92 Å². The average molecular weight is 348 g/mol. The molecule has 1 aliphatic heterocycles. The molecule has 1 saturated heterocycles. The lowest BCUT2D eigenvalue weighted by atomic mass is 10.3. The normalized spacial score (nSPS) is 20.0. The molecule has 122 valence electrons. The minimum absolute atomic E-state index is 0. The molecule has 22 heavy (non-hydrogen) atoms. The third kappa shape index (κ3) is 2.67. The van der Waals surface area contributed by atoms with Crippen molar-refractivity contribution in [2.24, 2.45) is 7.05 Å². The maximum Gasteiger partial charge on any atom is 0.419 e. The second kappa shape index (κ2) is 6.04. The summed E-state index contributed by atoms with van der Waals surface area (Å²) in [7, 11) is -2.00. The first-order chi connectivity index (χ1) is 9.91. The number of piperazine rings is 1. The lowest BCUT2D eigenvalue weighted by molar-refractivity contribution is 0.284. The van der Waals surface area contributed by atoms with Crippen molar-refractivity contribution in [3.05, 3.63) is 28.7 Å². The number of sulfonamides is 1. The zero-order valence-corrected chi connectivity index (χ0v) is 13.9. The number of benzene rings is 1. The zero-order valence-electron chi connectivity index (χ0n) is 12.3. The number of fused-ring (bicyclic) bond motifs is 1. The molecule has 3 rings (SSSR count). The second-order valence-electron chi connectivity index (χ2n) is 5.23. The van der Waals surface area contributed by atoms with Gasteiger partial charge in [0.2, 0.25) is 10.0 Å². The number of nitrogens with one attached hydrogen (secondary N) is 1. The van der Waals surface area contributed by atoms with Gasteiger partial charge in [-0.1, -0.05) is 0 Å². The Morgan fingerprint density at radius 1 is 1.36 bits per heavy atom. The molecule has 0 bridgehead atoms. The Hall–Kier alpha value is -1.35. The van der Waals surface area contributed by atoms with Gasteiger partial charge in [-0.25, -0.2) is 13.2 Å². The third-order valence-electron chi connectivity index (χ3n) is 3.81. The first kappa shape index (κ1) is 17.0. The monoisotopic (exact) mass is 347 g/mol. The van der Waals surface area contributed by atoms with Crippen molar-refractivity contribution < 1.29 is 12.8 Å². The summed E-state index contributed by atoms with van der Waals surface area (Å²) in [4.78, 5) is 11.6. The van der Waals surface area contributed by atoms with Gasteiger partial charge in [-0.3, -0.25) is 4.57 Å². The molecule has 0 spiro atoms. The molecule has 1 atom stereocenters. The van der Waals surface area contributed by atoms with Crippen LogP contribution < -0.4 is 11.1 Å². The third-order valence-corrected chi connectivity index (χ3v) is 5.82. The van der Waals surface area contributed by atoms with Crippen LogP contribution in [0.3, 0.4) is 0 Å². The van der Waals surface area contributed by atoms with Crippen LogP contribution in [0.5, 0.6) is 0 Å². The molecule has 1 aromatic carbocycles. The maximum atomic E-state index is 12.7. The number of rotatable bonds is 2. The van der Waals surface area contributed by atoms with Crippen molar-refractivity contribution in [1.29, 1.82) is 0 Å².